The number of hydrogen-bond donors (Lipinski definition) is 2. The molecule has 2 atom stereocenters. The van der Waals surface area contributed by atoms with Gasteiger partial charge in [-0.25, -0.2) is 0 Å². The summed E-state index contributed by atoms with van der Waals surface area (Å²) in [6.07, 6.45) is -4.38. The van der Waals surface area contributed by atoms with Crippen molar-refractivity contribution in [3.63, 3.8) is 0 Å². The average Bonchev–Trinajstić information content (AvgIpc) is 2.64. The van der Waals surface area contributed by atoms with E-state index in [1.54, 1.807) is 11.8 Å². The number of benzene rings is 2. The van der Waals surface area contributed by atoms with E-state index in [4.69, 9.17) is 4.74 Å². The van der Waals surface area contributed by atoms with Crippen molar-refractivity contribution in [2.45, 2.75) is 31.2 Å². The Bertz CT molecular complexity index is 841. The summed E-state index contributed by atoms with van der Waals surface area (Å²) in [7, 11) is 0. The van der Waals surface area contributed by atoms with Gasteiger partial charge in [0, 0.05) is 18.8 Å². The SMILES string of the molecule is C[C@]1(O)CN(CC(=O)Nc2cccc(C(F)(F)F)c2)CC[C@@H]1Oc1ccccc1. The van der Waals surface area contributed by atoms with Crippen LogP contribution >= 0.6 is 0 Å². The number of alkyl halides is 3. The van der Waals surface area contributed by atoms with Crippen LogP contribution in [-0.2, 0) is 11.0 Å². The number of β-amino-alcohol motifs (C(OH)–C–C–N with tert-alkyl or cyclic N) is 1. The van der Waals surface area contributed by atoms with E-state index in [1.165, 1.54) is 12.1 Å². The molecule has 1 amide bonds. The number of carbonyl (C=O) groups excluding carboxylic acids is 1. The molecule has 0 radical (unpaired) electrons. The highest BCUT2D eigenvalue weighted by Crippen LogP contribution is 2.31. The molecule has 0 unspecified atom stereocenters. The van der Waals surface area contributed by atoms with E-state index in [2.05, 4.69) is 5.32 Å². The quantitative estimate of drug-likeness (QED) is 0.795. The van der Waals surface area contributed by atoms with E-state index in [0.717, 1.165) is 12.1 Å². The predicted octanol–water partition coefficient (Wildman–Crippen LogP) is 3.55. The van der Waals surface area contributed by atoms with Crippen LogP contribution in [0.5, 0.6) is 5.75 Å². The first-order chi connectivity index (χ1) is 13.6. The van der Waals surface area contributed by atoms with Crippen molar-refractivity contribution in [3.05, 3.63) is 60.2 Å². The van der Waals surface area contributed by atoms with Crippen molar-refractivity contribution in [3.8, 4) is 5.75 Å². The fraction of sp³-hybridized carbons (Fsp3) is 0.381. The smallest absolute Gasteiger partial charge is 0.416 e. The highest BCUT2D eigenvalue weighted by molar-refractivity contribution is 5.92. The van der Waals surface area contributed by atoms with Crippen molar-refractivity contribution in [2.75, 3.05) is 25.0 Å². The lowest BCUT2D eigenvalue weighted by Crippen LogP contribution is -2.58. The topological polar surface area (TPSA) is 61.8 Å². The van der Waals surface area contributed by atoms with Crippen LogP contribution in [-0.4, -0.2) is 47.3 Å². The predicted molar refractivity (Wildman–Crippen MR) is 103 cm³/mol. The van der Waals surface area contributed by atoms with Gasteiger partial charge < -0.3 is 15.2 Å². The third kappa shape index (κ3) is 5.71. The van der Waals surface area contributed by atoms with Gasteiger partial charge in [-0.15, -0.1) is 0 Å². The Morgan fingerprint density at radius 2 is 1.97 bits per heavy atom. The second kappa shape index (κ2) is 8.42. The highest BCUT2D eigenvalue weighted by Gasteiger charge is 2.40. The molecular weight excluding hydrogens is 385 g/mol. The van der Waals surface area contributed by atoms with Crippen LogP contribution in [0, 0.1) is 0 Å². The molecule has 0 aliphatic carbocycles. The minimum Gasteiger partial charge on any atom is -0.487 e. The van der Waals surface area contributed by atoms with E-state index in [0.29, 0.717) is 18.7 Å². The Morgan fingerprint density at radius 1 is 1.24 bits per heavy atom. The first-order valence-electron chi connectivity index (χ1n) is 9.27. The molecule has 1 saturated heterocycles. The molecule has 29 heavy (non-hydrogen) atoms. The van der Waals surface area contributed by atoms with Crippen molar-refractivity contribution >= 4 is 11.6 Å². The first-order valence-corrected chi connectivity index (χ1v) is 9.27. The fourth-order valence-electron chi connectivity index (χ4n) is 3.41. The van der Waals surface area contributed by atoms with Crippen LogP contribution < -0.4 is 10.1 Å². The number of nitrogens with zero attached hydrogens (tertiary/aromatic N) is 1. The number of amides is 1. The van der Waals surface area contributed by atoms with E-state index in [-0.39, 0.29) is 18.8 Å². The zero-order valence-electron chi connectivity index (χ0n) is 15.9. The number of likely N-dealkylation sites (tertiary alicyclic amines) is 1. The highest BCUT2D eigenvalue weighted by atomic mass is 19.4. The monoisotopic (exact) mass is 408 g/mol. The van der Waals surface area contributed by atoms with Gasteiger partial charge in [0.1, 0.15) is 17.5 Å². The molecule has 1 heterocycles. The van der Waals surface area contributed by atoms with Gasteiger partial charge in [0.15, 0.2) is 0 Å². The van der Waals surface area contributed by atoms with Gasteiger partial charge in [0.25, 0.3) is 0 Å². The van der Waals surface area contributed by atoms with Crippen molar-refractivity contribution in [2.24, 2.45) is 0 Å². The summed E-state index contributed by atoms with van der Waals surface area (Å²) in [6, 6.07) is 13.7. The molecule has 0 saturated carbocycles. The molecule has 1 aliphatic heterocycles. The zero-order chi connectivity index (χ0) is 21.1. The number of ether oxygens (including phenoxy) is 1. The number of aliphatic hydroxyl groups is 1. The summed E-state index contributed by atoms with van der Waals surface area (Å²) in [5.74, 6) is 0.219. The summed E-state index contributed by atoms with van der Waals surface area (Å²) < 4.78 is 44.3. The number of hydrogen-bond acceptors (Lipinski definition) is 4. The van der Waals surface area contributed by atoms with Gasteiger partial charge in [-0.05, 0) is 43.7 Å². The van der Waals surface area contributed by atoms with Crippen molar-refractivity contribution in [1.29, 1.82) is 0 Å². The van der Waals surface area contributed by atoms with Crippen molar-refractivity contribution in [1.82, 2.24) is 4.90 Å². The Morgan fingerprint density at radius 3 is 2.62 bits per heavy atom. The summed E-state index contributed by atoms with van der Waals surface area (Å²) in [5, 5.41) is 13.3. The lowest BCUT2D eigenvalue weighted by molar-refractivity contribution is -0.137. The first kappa shape index (κ1) is 21.1. The summed E-state index contributed by atoms with van der Waals surface area (Å²) >= 11 is 0. The number of anilines is 1. The fourth-order valence-corrected chi connectivity index (χ4v) is 3.41. The molecule has 1 aliphatic rings. The van der Waals surface area contributed by atoms with Crippen LogP contribution in [0.25, 0.3) is 0 Å². The molecule has 156 valence electrons. The van der Waals surface area contributed by atoms with Crippen molar-refractivity contribution < 1.29 is 27.8 Å². The maximum Gasteiger partial charge on any atom is 0.416 e. The van der Waals surface area contributed by atoms with Crippen LogP contribution in [0.2, 0.25) is 0 Å². The van der Waals surface area contributed by atoms with Gasteiger partial charge in [0.05, 0.1) is 12.1 Å². The molecule has 2 N–H and O–H groups in total. The van der Waals surface area contributed by atoms with E-state index < -0.39 is 29.4 Å². The molecule has 3 rings (SSSR count). The molecule has 2 aromatic rings. The second-order valence-corrected chi connectivity index (χ2v) is 7.40. The lowest BCUT2D eigenvalue weighted by atomic mass is 9.91. The Kier molecular flexibility index (Phi) is 6.14. The van der Waals surface area contributed by atoms with E-state index in [9.17, 15) is 23.1 Å². The van der Waals surface area contributed by atoms with Crippen LogP contribution in [0.3, 0.4) is 0 Å². The number of piperidine rings is 1. The Balaban J connectivity index is 1.56. The second-order valence-electron chi connectivity index (χ2n) is 7.40. The van der Waals surface area contributed by atoms with E-state index in [1.807, 2.05) is 30.3 Å². The molecule has 2 aromatic carbocycles. The standard InChI is InChI=1S/C21H23F3N2O3/c1-20(28)14-26(11-10-18(20)29-17-8-3-2-4-9-17)13-19(27)25-16-7-5-6-15(12-16)21(22,23)24/h2-9,12,18,28H,10-11,13-14H2,1H3,(H,25,27)/t18-,20-/m0/s1. The molecule has 8 heteroatoms. The maximum atomic E-state index is 12.8. The third-order valence-corrected chi connectivity index (χ3v) is 4.81. The number of para-hydroxylation sites is 1. The Labute approximate surface area is 167 Å². The molecule has 0 bridgehead atoms. The van der Waals surface area contributed by atoms with Crippen LogP contribution in [0.4, 0.5) is 18.9 Å². The summed E-state index contributed by atoms with van der Waals surface area (Å²) in [4.78, 5) is 14.0. The minimum atomic E-state index is -4.47. The van der Waals surface area contributed by atoms with Crippen LogP contribution in [0.1, 0.15) is 18.9 Å². The normalized spacial score (nSPS) is 22.9. The molecular formula is C21H23F3N2O3. The third-order valence-electron chi connectivity index (χ3n) is 4.81. The molecule has 5 nitrogen and oxygen atoms in total. The lowest BCUT2D eigenvalue weighted by Gasteiger charge is -2.42. The number of carbonyl (C=O) groups is 1. The summed E-state index contributed by atoms with van der Waals surface area (Å²) in [6.45, 7) is 2.34. The molecule has 1 fully saturated rings. The summed E-state index contributed by atoms with van der Waals surface area (Å²) in [5.41, 5.74) is -1.92. The van der Waals surface area contributed by atoms with Crippen LogP contribution in [0.15, 0.2) is 54.6 Å². The minimum absolute atomic E-state index is 0.0372. The number of rotatable bonds is 5. The van der Waals surface area contributed by atoms with E-state index >= 15 is 0 Å². The van der Waals surface area contributed by atoms with Gasteiger partial charge in [-0.1, -0.05) is 24.3 Å². The maximum absolute atomic E-state index is 12.8. The number of halogens is 3. The van der Waals surface area contributed by atoms with Gasteiger partial charge >= 0.3 is 6.18 Å². The van der Waals surface area contributed by atoms with Gasteiger partial charge in [-0.3, -0.25) is 9.69 Å². The largest absolute Gasteiger partial charge is 0.487 e. The zero-order valence-corrected chi connectivity index (χ0v) is 15.9. The number of nitrogens with one attached hydrogen (secondary N) is 1. The Hall–Kier alpha value is -2.58. The molecule has 0 aromatic heterocycles. The molecule has 0 spiro atoms. The van der Waals surface area contributed by atoms with Gasteiger partial charge in [0.2, 0.25) is 5.91 Å². The van der Waals surface area contributed by atoms with Gasteiger partial charge in [-0.2, -0.15) is 13.2 Å². The average molecular weight is 408 g/mol.